The lowest BCUT2D eigenvalue weighted by Crippen LogP contribution is -2.13. The topological polar surface area (TPSA) is 95.4 Å². The van der Waals surface area contributed by atoms with Gasteiger partial charge in [0.15, 0.2) is 0 Å². The number of imidazole rings is 2. The van der Waals surface area contributed by atoms with Crippen LogP contribution < -0.4 is 11.1 Å². The molecule has 190 valence electrons. The number of H-pyrrole nitrogens is 2. The van der Waals surface area contributed by atoms with Gasteiger partial charge in [-0.15, -0.1) is 0 Å². The van der Waals surface area contributed by atoms with Crippen LogP contribution in [0.15, 0.2) is 72.8 Å². The van der Waals surface area contributed by atoms with E-state index in [-0.39, 0.29) is 0 Å². The minimum absolute atomic E-state index is 0.341. The van der Waals surface area contributed by atoms with Crippen LogP contribution in [-0.4, -0.2) is 33.0 Å². The summed E-state index contributed by atoms with van der Waals surface area (Å²) in [4.78, 5) is 16.6. The van der Waals surface area contributed by atoms with E-state index in [2.05, 4.69) is 88.1 Å². The lowest BCUT2D eigenvalue weighted by molar-refractivity contribution is 0.614. The number of nitrogens with two attached hydrogens (primary N) is 1. The molecule has 0 radical (unpaired) electrons. The molecule has 6 nitrogen and oxygen atoms in total. The number of aromatic amines is 2. The zero-order valence-electron chi connectivity index (χ0n) is 21.4. The fourth-order valence-electron chi connectivity index (χ4n) is 5.69. The fourth-order valence-corrected chi connectivity index (χ4v) is 5.69. The Hall–Kier alpha value is -4.00. The summed E-state index contributed by atoms with van der Waals surface area (Å²) >= 11 is 0. The Morgan fingerprint density at radius 2 is 1.37 bits per heavy atom. The van der Waals surface area contributed by atoms with E-state index in [4.69, 9.17) is 15.7 Å². The van der Waals surface area contributed by atoms with Gasteiger partial charge < -0.3 is 21.0 Å². The number of fused-ring (bicyclic) bond motifs is 3. The van der Waals surface area contributed by atoms with E-state index in [9.17, 15) is 0 Å². The summed E-state index contributed by atoms with van der Waals surface area (Å²) in [5.41, 5.74) is 14.6. The van der Waals surface area contributed by atoms with Crippen LogP contribution in [0, 0.1) is 0 Å². The molecule has 6 heteroatoms. The number of nitrogens with zero attached hydrogens (tertiary/aromatic N) is 2. The van der Waals surface area contributed by atoms with Crippen molar-refractivity contribution in [2.45, 2.75) is 38.1 Å². The minimum atomic E-state index is 0.341. The largest absolute Gasteiger partial charge is 0.342 e. The number of unbranched alkanes of at least 4 members (excludes halogenated alkanes) is 1. The van der Waals surface area contributed by atoms with Gasteiger partial charge in [-0.05, 0) is 108 Å². The maximum atomic E-state index is 5.64. The average molecular weight is 501 g/mol. The molecule has 0 saturated carbocycles. The van der Waals surface area contributed by atoms with Crippen molar-refractivity contribution in [3.8, 4) is 22.3 Å². The second-order valence-electron chi connectivity index (χ2n) is 10.4. The molecule has 6 aromatic rings. The molecule has 1 atom stereocenters. The van der Waals surface area contributed by atoms with Crippen molar-refractivity contribution in [1.82, 2.24) is 25.3 Å². The highest BCUT2D eigenvalue weighted by molar-refractivity contribution is 5.93. The van der Waals surface area contributed by atoms with Gasteiger partial charge in [-0.1, -0.05) is 36.4 Å². The second kappa shape index (κ2) is 9.71. The summed E-state index contributed by atoms with van der Waals surface area (Å²) in [6.45, 7) is 1.79. The van der Waals surface area contributed by atoms with Crippen LogP contribution in [0.5, 0.6) is 0 Å². The van der Waals surface area contributed by atoms with E-state index in [1.54, 1.807) is 0 Å². The maximum absolute atomic E-state index is 5.64. The summed E-state index contributed by atoms with van der Waals surface area (Å²) in [6, 6.07) is 26.8. The van der Waals surface area contributed by atoms with Crippen LogP contribution in [0.2, 0.25) is 0 Å². The fraction of sp³-hybridized carbons (Fsp3) is 0.250. The quantitative estimate of drug-likeness (QED) is 0.185. The molecule has 1 saturated heterocycles. The van der Waals surface area contributed by atoms with Crippen LogP contribution in [-0.2, 0) is 6.42 Å². The molecule has 4 aromatic carbocycles. The van der Waals surface area contributed by atoms with Crippen molar-refractivity contribution < 1.29 is 0 Å². The van der Waals surface area contributed by atoms with E-state index < -0.39 is 0 Å². The van der Waals surface area contributed by atoms with Gasteiger partial charge in [0.25, 0.3) is 0 Å². The van der Waals surface area contributed by atoms with E-state index in [1.165, 1.54) is 39.4 Å². The van der Waals surface area contributed by atoms with Gasteiger partial charge in [0, 0.05) is 6.42 Å². The third-order valence-electron chi connectivity index (χ3n) is 7.80. The Balaban J connectivity index is 1.20. The number of benzene rings is 4. The third-order valence-corrected chi connectivity index (χ3v) is 7.80. The van der Waals surface area contributed by atoms with Gasteiger partial charge in [-0.25, -0.2) is 9.97 Å². The Kier molecular flexibility index (Phi) is 5.91. The first kappa shape index (κ1) is 23.1. The predicted octanol–water partition coefficient (Wildman–Crippen LogP) is 6.63. The van der Waals surface area contributed by atoms with Gasteiger partial charge in [-0.2, -0.15) is 0 Å². The summed E-state index contributed by atoms with van der Waals surface area (Å²) in [5.74, 6) is 2.09. The van der Waals surface area contributed by atoms with Gasteiger partial charge in [0.2, 0.25) is 0 Å². The maximum Gasteiger partial charge on any atom is 0.124 e. The minimum Gasteiger partial charge on any atom is -0.342 e. The summed E-state index contributed by atoms with van der Waals surface area (Å²) in [6.07, 6.45) is 5.36. The molecule has 2 aromatic heterocycles. The lowest BCUT2D eigenvalue weighted by Gasteiger charge is -2.08. The van der Waals surface area contributed by atoms with Crippen molar-refractivity contribution >= 4 is 32.8 Å². The molecule has 0 bridgehead atoms. The molecule has 5 N–H and O–H groups in total. The van der Waals surface area contributed by atoms with Crippen LogP contribution >= 0.6 is 0 Å². The molecule has 0 spiro atoms. The molecule has 7 rings (SSSR count). The SMILES string of the molecule is NCCCCc1nc2ccc(-c3ccc4ccc(-c5ccc6nc([C@@H]7CCCN7)[nH]c6c5)cc4c3)cc2[nH]1. The van der Waals surface area contributed by atoms with Crippen LogP contribution in [0.1, 0.15) is 43.4 Å². The summed E-state index contributed by atoms with van der Waals surface area (Å²) < 4.78 is 0. The molecule has 0 unspecified atom stereocenters. The molecular formula is C32H32N6. The number of aromatic nitrogens is 4. The Morgan fingerprint density at radius 1 is 0.711 bits per heavy atom. The summed E-state index contributed by atoms with van der Waals surface area (Å²) in [5, 5.41) is 6.00. The molecular weight excluding hydrogens is 468 g/mol. The highest BCUT2D eigenvalue weighted by atomic mass is 15.0. The van der Waals surface area contributed by atoms with Gasteiger partial charge in [-0.3, -0.25) is 0 Å². The Labute approximate surface area is 221 Å². The van der Waals surface area contributed by atoms with Crippen LogP contribution in [0.3, 0.4) is 0 Å². The molecule has 0 amide bonds. The number of hydrogen-bond donors (Lipinski definition) is 4. The van der Waals surface area contributed by atoms with Gasteiger partial charge in [0.1, 0.15) is 11.6 Å². The van der Waals surface area contributed by atoms with Crippen molar-refractivity contribution in [2.75, 3.05) is 13.1 Å². The average Bonchev–Trinajstić information content (AvgIpc) is 3.71. The van der Waals surface area contributed by atoms with Gasteiger partial charge >= 0.3 is 0 Å². The van der Waals surface area contributed by atoms with Crippen molar-refractivity contribution in [2.24, 2.45) is 5.73 Å². The lowest BCUT2D eigenvalue weighted by atomic mass is 9.97. The van der Waals surface area contributed by atoms with Crippen molar-refractivity contribution in [1.29, 1.82) is 0 Å². The number of rotatable bonds is 7. The van der Waals surface area contributed by atoms with Crippen LogP contribution in [0.25, 0.3) is 55.1 Å². The monoisotopic (exact) mass is 500 g/mol. The zero-order valence-corrected chi connectivity index (χ0v) is 21.4. The molecule has 38 heavy (non-hydrogen) atoms. The number of nitrogens with one attached hydrogen (secondary N) is 3. The van der Waals surface area contributed by atoms with E-state index in [0.29, 0.717) is 6.04 Å². The standard InChI is InChI=1S/C32H32N6/c33-14-2-1-5-31-35-26-12-10-23(18-29(26)36-31)21-8-6-20-7-9-22(17-25(20)16-21)24-11-13-27-30(19-24)38-32(37-27)28-4-3-15-34-28/h6-13,16-19,28,34H,1-5,14-15,33H2,(H,35,36)(H,37,38)/t28-/m0/s1. The zero-order chi connectivity index (χ0) is 25.5. The molecule has 0 aliphatic carbocycles. The van der Waals surface area contributed by atoms with E-state index >= 15 is 0 Å². The number of aryl methyl sites for hydroxylation is 1. The Morgan fingerprint density at radius 3 is 2.05 bits per heavy atom. The summed E-state index contributed by atoms with van der Waals surface area (Å²) in [7, 11) is 0. The van der Waals surface area contributed by atoms with E-state index in [0.717, 1.165) is 72.5 Å². The highest BCUT2D eigenvalue weighted by Crippen LogP contribution is 2.32. The molecule has 1 fully saturated rings. The smallest absolute Gasteiger partial charge is 0.124 e. The molecule has 1 aliphatic heterocycles. The van der Waals surface area contributed by atoms with Crippen LogP contribution in [0.4, 0.5) is 0 Å². The molecule has 1 aliphatic rings. The normalized spacial score (nSPS) is 15.8. The Bertz CT molecular complexity index is 1750. The first-order valence-corrected chi connectivity index (χ1v) is 13.7. The predicted molar refractivity (Wildman–Crippen MR) is 156 cm³/mol. The third kappa shape index (κ3) is 4.36. The molecule has 3 heterocycles. The van der Waals surface area contributed by atoms with Gasteiger partial charge in [0.05, 0.1) is 28.1 Å². The highest BCUT2D eigenvalue weighted by Gasteiger charge is 2.19. The second-order valence-corrected chi connectivity index (χ2v) is 10.4. The van der Waals surface area contributed by atoms with Crippen molar-refractivity contribution in [3.63, 3.8) is 0 Å². The first-order chi connectivity index (χ1) is 18.7. The first-order valence-electron chi connectivity index (χ1n) is 13.7. The van der Waals surface area contributed by atoms with Crippen molar-refractivity contribution in [3.05, 3.63) is 84.4 Å². The van der Waals surface area contributed by atoms with E-state index in [1.807, 2.05) is 0 Å². The number of hydrogen-bond acceptors (Lipinski definition) is 4.